The molecule has 2 rings (SSSR count). The summed E-state index contributed by atoms with van der Waals surface area (Å²) in [5.41, 5.74) is 0. The van der Waals surface area contributed by atoms with E-state index in [1.54, 1.807) is 7.11 Å². The fourth-order valence-electron chi connectivity index (χ4n) is 2.30. The summed E-state index contributed by atoms with van der Waals surface area (Å²) in [5.74, 6) is 0.207. The number of ether oxygens (including phenoxy) is 1. The molecule has 2 fully saturated rings. The van der Waals surface area contributed by atoms with E-state index in [0.717, 1.165) is 32.6 Å². The lowest BCUT2D eigenvalue weighted by molar-refractivity contribution is -0.133. The SMILES string of the molecule is COC1CCN(C(=O)C2CNC(C)CN2)C1. The molecule has 0 bridgehead atoms. The molecule has 0 aromatic heterocycles. The highest BCUT2D eigenvalue weighted by Gasteiger charge is 2.32. The summed E-state index contributed by atoms with van der Waals surface area (Å²) < 4.78 is 5.27. The summed E-state index contributed by atoms with van der Waals surface area (Å²) in [6, 6.07) is 0.390. The number of hydrogen-bond donors (Lipinski definition) is 2. The van der Waals surface area contributed by atoms with Crippen LogP contribution in [0.1, 0.15) is 13.3 Å². The van der Waals surface area contributed by atoms with Crippen LogP contribution in [0.25, 0.3) is 0 Å². The largest absolute Gasteiger partial charge is 0.380 e. The zero-order valence-corrected chi connectivity index (χ0v) is 10.0. The van der Waals surface area contributed by atoms with Crippen LogP contribution >= 0.6 is 0 Å². The number of nitrogens with zero attached hydrogens (tertiary/aromatic N) is 1. The van der Waals surface area contributed by atoms with Crippen molar-refractivity contribution < 1.29 is 9.53 Å². The second-order valence-electron chi connectivity index (χ2n) is 4.70. The van der Waals surface area contributed by atoms with Gasteiger partial charge >= 0.3 is 0 Å². The lowest BCUT2D eigenvalue weighted by Gasteiger charge is -2.31. The Kier molecular flexibility index (Phi) is 3.78. The van der Waals surface area contributed by atoms with Gasteiger partial charge in [0, 0.05) is 39.3 Å². The number of hydrogen-bond acceptors (Lipinski definition) is 4. The van der Waals surface area contributed by atoms with E-state index in [2.05, 4.69) is 17.6 Å². The minimum absolute atomic E-state index is 0.0631. The summed E-state index contributed by atoms with van der Waals surface area (Å²) in [7, 11) is 1.71. The van der Waals surface area contributed by atoms with Gasteiger partial charge in [-0.05, 0) is 13.3 Å². The monoisotopic (exact) mass is 227 g/mol. The van der Waals surface area contributed by atoms with E-state index in [0.29, 0.717) is 6.04 Å². The summed E-state index contributed by atoms with van der Waals surface area (Å²) in [6.07, 6.45) is 1.18. The Morgan fingerprint density at radius 3 is 2.75 bits per heavy atom. The number of likely N-dealkylation sites (tertiary alicyclic amines) is 1. The number of carbonyl (C=O) groups is 1. The molecule has 2 aliphatic heterocycles. The van der Waals surface area contributed by atoms with Gasteiger partial charge in [0.25, 0.3) is 0 Å². The maximum atomic E-state index is 12.1. The number of carbonyl (C=O) groups excluding carboxylic acids is 1. The Balaban J connectivity index is 1.83. The highest BCUT2D eigenvalue weighted by atomic mass is 16.5. The van der Waals surface area contributed by atoms with Gasteiger partial charge in [0.1, 0.15) is 0 Å². The van der Waals surface area contributed by atoms with Gasteiger partial charge in [-0.15, -0.1) is 0 Å². The molecule has 2 heterocycles. The fourth-order valence-corrected chi connectivity index (χ4v) is 2.30. The standard InChI is InChI=1S/C11H21N3O2/c1-8-5-13-10(6-12-8)11(15)14-4-3-9(7-14)16-2/h8-10,12-13H,3-7H2,1-2H3. The average Bonchev–Trinajstić information content (AvgIpc) is 2.77. The molecule has 0 saturated carbocycles. The molecule has 0 aliphatic carbocycles. The Morgan fingerprint density at radius 2 is 2.19 bits per heavy atom. The zero-order valence-electron chi connectivity index (χ0n) is 10.0. The van der Waals surface area contributed by atoms with E-state index in [1.807, 2.05) is 4.90 Å². The molecule has 3 atom stereocenters. The summed E-state index contributed by atoms with van der Waals surface area (Å²) in [4.78, 5) is 14.0. The molecule has 3 unspecified atom stereocenters. The van der Waals surface area contributed by atoms with E-state index in [4.69, 9.17) is 4.74 Å². The van der Waals surface area contributed by atoms with E-state index >= 15 is 0 Å². The van der Waals surface area contributed by atoms with Crippen molar-refractivity contribution in [1.82, 2.24) is 15.5 Å². The van der Waals surface area contributed by atoms with Crippen LogP contribution in [0.15, 0.2) is 0 Å². The van der Waals surface area contributed by atoms with Crippen molar-refractivity contribution in [2.45, 2.75) is 31.5 Å². The summed E-state index contributed by atoms with van der Waals surface area (Å²) in [6.45, 7) is 5.27. The van der Waals surface area contributed by atoms with Crippen molar-refractivity contribution >= 4 is 5.91 Å². The van der Waals surface area contributed by atoms with E-state index < -0.39 is 0 Å². The lowest BCUT2D eigenvalue weighted by atomic mass is 10.1. The van der Waals surface area contributed by atoms with Crippen molar-refractivity contribution in [1.29, 1.82) is 0 Å². The van der Waals surface area contributed by atoms with Crippen LogP contribution in [0, 0.1) is 0 Å². The van der Waals surface area contributed by atoms with Crippen molar-refractivity contribution in [3.05, 3.63) is 0 Å². The first-order chi connectivity index (χ1) is 7.70. The molecule has 5 nitrogen and oxygen atoms in total. The Labute approximate surface area is 96.5 Å². The van der Waals surface area contributed by atoms with Crippen LogP contribution in [-0.2, 0) is 9.53 Å². The van der Waals surface area contributed by atoms with Crippen LogP contribution < -0.4 is 10.6 Å². The molecule has 0 aromatic carbocycles. The van der Waals surface area contributed by atoms with E-state index in [1.165, 1.54) is 0 Å². The molecule has 92 valence electrons. The molecule has 0 spiro atoms. The summed E-state index contributed by atoms with van der Waals surface area (Å²) >= 11 is 0. The third-order valence-electron chi connectivity index (χ3n) is 3.43. The number of rotatable bonds is 2. The van der Waals surface area contributed by atoms with Gasteiger partial charge in [-0.2, -0.15) is 0 Å². The van der Waals surface area contributed by atoms with Gasteiger partial charge in [0.2, 0.25) is 5.91 Å². The maximum Gasteiger partial charge on any atom is 0.241 e. The van der Waals surface area contributed by atoms with Crippen LogP contribution in [0.2, 0.25) is 0 Å². The topological polar surface area (TPSA) is 53.6 Å². The van der Waals surface area contributed by atoms with Crippen molar-refractivity contribution in [3.63, 3.8) is 0 Å². The predicted molar refractivity (Wildman–Crippen MR) is 61.2 cm³/mol. The smallest absolute Gasteiger partial charge is 0.241 e. The molecule has 1 amide bonds. The van der Waals surface area contributed by atoms with Gasteiger partial charge in [0.05, 0.1) is 12.1 Å². The first kappa shape index (κ1) is 11.8. The molecule has 0 radical (unpaired) electrons. The minimum atomic E-state index is -0.0631. The van der Waals surface area contributed by atoms with Gasteiger partial charge in [0.15, 0.2) is 0 Å². The normalized spacial score (nSPS) is 35.4. The second-order valence-corrected chi connectivity index (χ2v) is 4.70. The highest BCUT2D eigenvalue weighted by molar-refractivity contribution is 5.82. The Bertz CT molecular complexity index is 248. The third-order valence-corrected chi connectivity index (χ3v) is 3.43. The number of amides is 1. The van der Waals surface area contributed by atoms with Crippen molar-refractivity contribution in [2.75, 3.05) is 33.3 Å². The Hall–Kier alpha value is -0.650. The molecule has 5 heteroatoms. The maximum absolute atomic E-state index is 12.1. The molecule has 0 aromatic rings. The third kappa shape index (κ3) is 2.53. The first-order valence-electron chi connectivity index (χ1n) is 5.99. The van der Waals surface area contributed by atoms with Crippen molar-refractivity contribution in [3.8, 4) is 0 Å². The first-order valence-corrected chi connectivity index (χ1v) is 5.99. The van der Waals surface area contributed by atoms with Crippen LogP contribution in [0.4, 0.5) is 0 Å². The van der Waals surface area contributed by atoms with E-state index in [9.17, 15) is 4.79 Å². The molecular weight excluding hydrogens is 206 g/mol. The predicted octanol–water partition coefficient (Wildman–Crippen LogP) is -0.816. The molecule has 16 heavy (non-hydrogen) atoms. The fraction of sp³-hybridized carbons (Fsp3) is 0.909. The summed E-state index contributed by atoms with van der Waals surface area (Å²) in [5, 5.41) is 6.60. The highest BCUT2D eigenvalue weighted by Crippen LogP contribution is 2.13. The quantitative estimate of drug-likeness (QED) is 0.647. The second kappa shape index (κ2) is 5.12. The minimum Gasteiger partial charge on any atom is -0.380 e. The van der Waals surface area contributed by atoms with Crippen LogP contribution in [0.5, 0.6) is 0 Å². The molecule has 2 saturated heterocycles. The van der Waals surface area contributed by atoms with Crippen LogP contribution in [0.3, 0.4) is 0 Å². The zero-order chi connectivity index (χ0) is 11.5. The van der Waals surface area contributed by atoms with E-state index in [-0.39, 0.29) is 18.1 Å². The average molecular weight is 227 g/mol. The molecular formula is C11H21N3O2. The lowest BCUT2D eigenvalue weighted by Crippen LogP contribution is -2.59. The number of piperazine rings is 1. The Morgan fingerprint density at radius 1 is 1.38 bits per heavy atom. The van der Waals surface area contributed by atoms with Gasteiger partial charge in [-0.1, -0.05) is 0 Å². The van der Waals surface area contributed by atoms with Gasteiger partial charge in [-0.25, -0.2) is 0 Å². The van der Waals surface area contributed by atoms with Gasteiger partial charge < -0.3 is 20.3 Å². The number of methoxy groups -OCH3 is 1. The van der Waals surface area contributed by atoms with Crippen LogP contribution in [-0.4, -0.2) is 62.3 Å². The molecule has 2 N–H and O–H groups in total. The molecule has 2 aliphatic rings. The van der Waals surface area contributed by atoms with Gasteiger partial charge in [-0.3, -0.25) is 4.79 Å². The number of nitrogens with one attached hydrogen (secondary N) is 2. The van der Waals surface area contributed by atoms with Crippen molar-refractivity contribution in [2.24, 2.45) is 0 Å².